The van der Waals surface area contributed by atoms with Crippen LogP contribution in [0.5, 0.6) is 5.88 Å². The lowest BCUT2D eigenvalue weighted by Gasteiger charge is -2.14. The van der Waals surface area contributed by atoms with Gasteiger partial charge in [-0.3, -0.25) is 9.17 Å². The summed E-state index contributed by atoms with van der Waals surface area (Å²) in [6.45, 7) is 0.679. The minimum Gasteiger partial charge on any atom is -0.477 e. The van der Waals surface area contributed by atoms with Gasteiger partial charge in [0.05, 0.1) is 37.1 Å². The second-order valence-electron chi connectivity index (χ2n) is 4.89. The number of hydrogen-bond donors (Lipinski definition) is 0. The van der Waals surface area contributed by atoms with Crippen molar-refractivity contribution in [3.05, 3.63) is 17.6 Å². The molecule has 0 fully saturated rings. The van der Waals surface area contributed by atoms with E-state index in [4.69, 9.17) is 4.74 Å². The van der Waals surface area contributed by atoms with Gasteiger partial charge in [-0.1, -0.05) is 0 Å². The minimum atomic E-state index is -3.34. The molecule has 1 aliphatic rings. The molecule has 0 saturated carbocycles. The molecule has 0 aromatic carbocycles. The molecule has 1 aliphatic carbocycles. The largest absolute Gasteiger partial charge is 0.477 e. The van der Waals surface area contributed by atoms with Gasteiger partial charge in [-0.15, -0.1) is 0 Å². The molecule has 1 heterocycles. The van der Waals surface area contributed by atoms with E-state index in [-0.39, 0.29) is 6.61 Å². The van der Waals surface area contributed by atoms with Crippen LogP contribution in [-0.2, 0) is 27.1 Å². The molecule has 1 aromatic rings. The third kappa shape index (κ3) is 5.05. The highest BCUT2D eigenvalue weighted by molar-refractivity contribution is 7.85. The first-order valence-corrected chi connectivity index (χ1v) is 8.68. The summed E-state index contributed by atoms with van der Waals surface area (Å²) in [5.41, 5.74) is 2.14. The van der Waals surface area contributed by atoms with Gasteiger partial charge in [0, 0.05) is 0 Å². The van der Waals surface area contributed by atoms with E-state index in [1.54, 1.807) is 6.20 Å². The number of unbranched alkanes of at least 4 members (excludes halogenated alkanes) is 1. The Morgan fingerprint density at radius 2 is 1.85 bits per heavy atom. The zero-order valence-corrected chi connectivity index (χ0v) is 12.5. The molecule has 0 bridgehead atoms. The average Bonchev–Trinajstić information content (AvgIpc) is 2.41. The third-order valence-electron chi connectivity index (χ3n) is 3.07. The van der Waals surface area contributed by atoms with Crippen LogP contribution in [0.3, 0.4) is 0 Å². The lowest BCUT2D eigenvalue weighted by Crippen LogP contribution is -2.10. The molecule has 0 amide bonds. The molecule has 0 N–H and O–H groups in total. The Morgan fingerprint density at radius 3 is 2.60 bits per heavy atom. The van der Waals surface area contributed by atoms with Crippen molar-refractivity contribution in [3.8, 4) is 5.88 Å². The Kier molecular flexibility index (Phi) is 5.31. The predicted molar refractivity (Wildman–Crippen MR) is 74.2 cm³/mol. The van der Waals surface area contributed by atoms with E-state index >= 15 is 0 Å². The van der Waals surface area contributed by atoms with Crippen LogP contribution in [0, 0.1) is 0 Å². The standard InChI is InChI=1S/C13H20N2O4S/c1-20(16,17)19-9-5-4-8-18-13-10-14-11-6-2-3-7-12(11)15-13/h10H,2-9H2,1H3. The Bertz CT molecular complexity index is 545. The molecule has 1 aromatic heterocycles. The highest BCUT2D eigenvalue weighted by Crippen LogP contribution is 2.19. The van der Waals surface area contributed by atoms with Crippen LogP contribution in [0.15, 0.2) is 6.20 Å². The first kappa shape index (κ1) is 15.2. The molecular weight excluding hydrogens is 280 g/mol. The molecule has 0 radical (unpaired) electrons. The zero-order valence-electron chi connectivity index (χ0n) is 11.7. The van der Waals surface area contributed by atoms with Crippen LogP contribution in [0.25, 0.3) is 0 Å². The Labute approximate surface area is 119 Å². The van der Waals surface area contributed by atoms with Gasteiger partial charge in [0.1, 0.15) is 0 Å². The first-order valence-electron chi connectivity index (χ1n) is 6.86. The fraction of sp³-hybridized carbons (Fsp3) is 0.692. The molecule has 2 rings (SSSR count). The normalized spacial score (nSPS) is 14.8. The summed E-state index contributed by atoms with van der Waals surface area (Å²) in [5, 5.41) is 0. The van der Waals surface area contributed by atoms with Crippen LogP contribution in [0.4, 0.5) is 0 Å². The van der Waals surface area contributed by atoms with Gasteiger partial charge in [0.2, 0.25) is 5.88 Å². The van der Waals surface area contributed by atoms with E-state index < -0.39 is 10.1 Å². The van der Waals surface area contributed by atoms with Gasteiger partial charge in [0.15, 0.2) is 0 Å². The number of rotatable bonds is 7. The number of aryl methyl sites for hydroxylation is 2. The predicted octanol–water partition coefficient (Wildman–Crippen LogP) is 1.49. The minimum absolute atomic E-state index is 0.193. The van der Waals surface area contributed by atoms with E-state index in [0.29, 0.717) is 25.3 Å². The second-order valence-corrected chi connectivity index (χ2v) is 6.53. The molecule has 20 heavy (non-hydrogen) atoms. The third-order valence-corrected chi connectivity index (χ3v) is 3.67. The van der Waals surface area contributed by atoms with Crippen molar-refractivity contribution < 1.29 is 17.3 Å². The van der Waals surface area contributed by atoms with Crippen LogP contribution in [0.2, 0.25) is 0 Å². The topological polar surface area (TPSA) is 78.4 Å². The van der Waals surface area contributed by atoms with Gasteiger partial charge < -0.3 is 4.74 Å². The molecule has 0 spiro atoms. The molecule has 0 saturated heterocycles. The van der Waals surface area contributed by atoms with Crippen molar-refractivity contribution in [2.45, 2.75) is 38.5 Å². The fourth-order valence-corrected chi connectivity index (χ4v) is 2.51. The van der Waals surface area contributed by atoms with Crippen molar-refractivity contribution >= 4 is 10.1 Å². The molecule has 112 valence electrons. The van der Waals surface area contributed by atoms with E-state index in [1.165, 1.54) is 6.42 Å². The Morgan fingerprint density at radius 1 is 1.15 bits per heavy atom. The van der Waals surface area contributed by atoms with Crippen molar-refractivity contribution in [1.29, 1.82) is 0 Å². The number of fused-ring (bicyclic) bond motifs is 1. The van der Waals surface area contributed by atoms with E-state index in [2.05, 4.69) is 14.2 Å². The molecule has 7 heteroatoms. The zero-order chi connectivity index (χ0) is 14.4. The van der Waals surface area contributed by atoms with Gasteiger partial charge in [-0.25, -0.2) is 4.98 Å². The lowest BCUT2D eigenvalue weighted by molar-refractivity contribution is 0.263. The molecule has 0 atom stereocenters. The van der Waals surface area contributed by atoms with Gasteiger partial charge in [-0.2, -0.15) is 8.42 Å². The summed E-state index contributed by atoms with van der Waals surface area (Å²) >= 11 is 0. The summed E-state index contributed by atoms with van der Waals surface area (Å²) < 4.78 is 31.7. The summed E-state index contributed by atoms with van der Waals surface area (Å²) in [6.07, 6.45) is 8.38. The van der Waals surface area contributed by atoms with Crippen LogP contribution < -0.4 is 4.74 Å². The number of aromatic nitrogens is 2. The average molecular weight is 300 g/mol. The van der Waals surface area contributed by atoms with Crippen molar-refractivity contribution in [2.24, 2.45) is 0 Å². The summed E-state index contributed by atoms with van der Waals surface area (Å²) in [5.74, 6) is 0.551. The summed E-state index contributed by atoms with van der Waals surface area (Å²) in [7, 11) is -3.34. The maximum Gasteiger partial charge on any atom is 0.264 e. The number of hydrogen-bond acceptors (Lipinski definition) is 6. The molecular formula is C13H20N2O4S. The van der Waals surface area contributed by atoms with Crippen LogP contribution >= 0.6 is 0 Å². The highest BCUT2D eigenvalue weighted by Gasteiger charge is 2.12. The van der Waals surface area contributed by atoms with Gasteiger partial charge >= 0.3 is 0 Å². The van der Waals surface area contributed by atoms with E-state index in [1.807, 2.05) is 0 Å². The lowest BCUT2D eigenvalue weighted by atomic mass is 10.0. The van der Waals surface area contributed by atoms with Crippen molar-refractivity contribution in [3.63, 3.8) is 0 Å². The number of nitrogens with zero attached hydrogens (tertiary/aromatic N) is 2. The van der Waals surface area contributed by atoms with Crippen molar-refractivity contribution in [2.75, 3.05) is 19.5 Å². The Balaban J connectivity index is 1.69. The Hall–Kier alpha value is -1.21. The number of ether oxygens (including phenoxy) is 1. The molecule has 0 aliphatic heterocycles. The molecule has 0 unspecified atom stereocenters. The second kappa shape index (κ2) is 6.99. The first-order chi connectivity index (χ1) is 9.54. The van der Waals surface area contributed by atoms with Crippen LogP contribution in [-0.4, -0.2) is 37.9 Å². The molecule has 6 nitrogen and oxygen atoms in total. The summed E-state index contributed by atoms with van der Waals surface area (Å²) in [4.78, 5) is 8.83. The van der Waals surface area contributed by atoms with E-state index in [9.17, 15) is 8.42 Å². The quantitative estimate of drug-likeness (QED) is 0.561. The maximum atomic E-state index is 10.8. The van der Waals surface area contributed by atoms with Crippen LogP contribution in [0.1, 0.15) is 37.1 Å². The SMILES string of the molecule is CS(=O)(=O)OCCCCOc1cnc2c(n1)CCCC2. The smallest absolute Gasteiger partial charge is 0.264 e. The maximum absolute atomic E-state index is 10.8. The monoisotopic (exact) mass is 300 g/mol. The summed E-state index contributed by atoms with van der Waals surface area (Å²) in [6, 6.07) is 0. The van der Waals surface area contributed by atoms with Crippen molar-refractivity contribution in [1.82, 2.24) is 9.97 Å². The van der Waals surface area contributed by atoms with Gasteiger partial charge in [-0.05, 0) is 38.5 Å². The van der Waals surface area contributed by atoms with E-state index in [0.717, 1.165) is 36.9 Å². The van der Waals surface area contributed by atoms with Gasteiger partial charge in [0.25, 0.3) is 10.1 Å². The fourth-order valence-electron chi connectivity index (χ4n) is 2.09. The highest BCUT2D eigenvalue weighted by atomic mass is 32.2.